The molecule has 0 radical (unpaired) electrons. The van der Waals surface area contributed by atoms with Crippen LogP contribution in [0.4, 0.5) is 0 Å². The summed E-state index contributed by atoms with van der Waals surface area (Å²) in [7, 11) is 0. The van der Waals surface area contributed by atoms with Crippen LogP contribution in [0.15, 0.2) is 23.3 Å². The molecule has 5 aliphatic heterocycles. The van der Waals surface area contributed by atoms with Gasteiger partial charge in [-0.2, -0.15) is 0 Å². The second kappa shape index (κ2) is 7.04. The maximum atomic E-state index is 14.2. The molecule has 7 aliphatic rings. The molecule has 9 nitrogen and oxygen atoms in total. The summed E-state index contributed by atoms with van der Waals surface area (Å²) in [5, 5.41) is 12.3. The first-order chi connectivity index (χ1) is 17.7. The Bertz CT molecular complexity index is 1280. The van der Waals surface area contributed by atoms with Crippen LogP contribution in [0.3, 0.4) is 0 Å². The van der Waals surface area contributed by atoms with Crippen LogP contribution < -0.4 is 0 Å². The van der Waals surface area contributed by atoms with Crippen molar-refractivity contribution < 1.29 is 43.2 Å². The molecule has 0 amide bonds. The topological polar surface area (TPSA) is 125 Å². The highest BCUT2D eigenvalue weighted by molar-refractivity contribution is 6.06. The Morgan fingerprint density at radius 3 is 2.50 bits per heavy atom. The molecule has 0 aromatic heterocycles. The number of rotatable bonds is 1. The minimum Gasteiger partial charge on any atom is -0.456 e. The lowest BCUT2D eigenvalue weighted by Crippen LogP contribution is -2.54. The van der Waals surface area contributed by atoms with E-state index in [1.54, 1.807) is 26.8 Å². The van der Waals surface area contributed by atoms with E-state index in [1.807, 2.05) is 19.9 Å². The summed E-state index contributed by atoms with van der Waals surface area (Å²) in [5.74, 6) is -5.98. The van der Waals surface area contributed by atoms with Gasteiger partial charge in [0.25, 0.3) is 0 Å². The zero-order valence-corrected chi connectivity index (χ0v) is 22.4. The highest BCUT2D eigenvalue weighted by Crippen LogP contribution is 2.67. The van der Waals surface area contributed by atoms with Crippen LogP contribution >= 0.6 is 0 Å². The lowest BCUT2D eigenvalue weighted by molar-refractivity contribution is -0.260. The van der Waals surface area contributed by atoms with E-state index in [1.165, 1.54) is 0 Å². The molecular formula is C29H34O9. The minimum atomic E-state index is -2.28. The van der Waals surface area contributed by atoms with E-state index in [0.29, 0.717) is 30.4 Å². The summed E-state index contributed by atoms with van der Waals surface area (Å²) in [5.41, 5.74) is -3.05. The SMILES string of the molecule is CC1=CC(C2C(C)C(=O)C3(C)CCC45CC67OC(=O)CC6OC(C)(C)C7CC=C4C(=O)C(O)(O5)C23)OC1=O. The number of allylic oxidation sites excluding steroid dienone is 1. The molecule has 1 saturated carbocycles. The van der Waals surface area contributed by atoms with Gasteiger partial charge in [-0.25, -0.2) is 4.79 Å². The maximum Gasteiger partial charge on any atom is 0.334 e. The fourth-order valence-electron chi connectivity index (χ4n) is 9.47. The Morgan fingerprint density at radius 2 is 1.82 bits per heavy atom. The average molecular weight is 527 g/mol. The predicted molar refractivity (Wildman–Crippen MR) is 129 cm³/mol. The van der Waals surface area contributed by atoms with E-state index in [-0.39, 0.29) is 30.5 Å². The molecule has 9 heteroatoms. The van der Waals surface area contributed by atoms with Gasteiger partial charge in [-0.3, -0.25) is 14.4 Å². The third-order valence-corrected chi connectivity index (χ3v) is 11.1. The van der Waals surface area contributed by atoms with E-state index in [9.17, 15) is 24.3 Å². The standard InChI is InChI=1S/C29H34O9/c1-13-10-16(35-24(13)33)20-14(2)22(31)26(5)8-9-27-12-28-17(25(3,4)36-18(28)11-19(30)37-28)7-6-15(27)23(32)29(34,38-27)21(20)26/h6,10,14,16-18,20-21,34H,7-9,11-12H2,1-5H3. The Kier molecular flexibility index (Phi) is 4.57. The Morgan fingerprint density at radius 1 is 1.08 bits per heavy atom. The van der Waals surface area contributed by atoms with Crippen molar-refractivity contribution in [3.05, 3.63) is 23.3 Å². The van der Waals surface area contributed by atoms with Crippen LogP contribution in [0.2, 0.25) is 0 Å². The van der Waals surface area contributed by atoms with Gasteiger partial charge in [0.2, 0.25) is 11.6 Å². The second-order valence-electron chi connectivity index (χ2n) is 13.4. The molecule has 1 N–H and O–H groups in total. The summed E-state index contributed by atoms with van der Waals surface area (Å²) < 4.78 is 24.7. The van der Waals surface area contributed by atoms with Gasteiger partial charge in [0.1, 0.15) is 29.2 Å². The van der Waals surface area contributed by atoms with Crippen molar-refractivity contribution in [3.8, 4) is 0 Å². The second-order valence-corrected chi connectivity index (χ2v) is 13.4. The van der Waals surface area contributed by atoms with E-state index >= 15 is 0 Å². The predicted octanol–water partition coefficient (Wildman–Crippen LogP) is 2.34. The van der Waals surface area contributed by atoms with Gasteiger partial charge in [-0.05, 0) is 46.1 Å². The molecule has 2 bridgehead atoms. The summed E-state index contributed by atoms with van der Waals surface area (Å²) in [6, 6.07) is 0. The number of carbonyl (C=O) groups excluding carboxylic acids is 4. The molecule has 4 saturated heterocycles. The van der Waals surface area contributed by atoms with Gasteiger partial charge in [0.15, 0.2) is 0 Å². The molecule has 5 fully saturated rings. The first-order valence-corrected chi connectivity index (χ1v) is 13.7. The van der Waals surface area contributed by atoms with E-state index in [4.69, 9.17) is 18.9 Å². The highest BCUT2D eigenvalue weighted by atomic mass is 16.7. The van der Waals surface area contributed by atoms with Gasteiger partial charge < -0.3 is 24.1 Å². The summed E-state index contributed by atoms with van der Waals surface area (Å²) in [6.45, 7) is 9.19. The van der Waals surface area contributed by atoms with Crippen molar-refractivity contribution in [1.82, 2.24) is 0 Å². The van der Waals surface area contributed by atoms with Crippen molar-refractivity contribution in [1.29, 1.82) is 0 Å². The van der Waals surface area contributed by atoms with Gasteiger partial charge in [-0.1, -0.05) is 19.9 Å². The van der Waals surface area contributed by atoms with Crippen LogP contribution in [-0.4, -0.2) is 63.4 Å². The number of Topliss-reactive ketones (excluding diaryl/α,β-unsaturated/α-hetero) is 2. The number of ketones is 2. The van der Waals surface area contributed by atoms with Gasteiger partial charge >= 0.3 is 11.9 Å². The molecule has 2 spiro atoms. The lowest BCUT2D eigenvalue weighted by atomic mass is 9.63. The van der Waals surface area contributed by atoms with Crippen LogP contribution in [0.1, 0.15) is 66.7 Å². The first kappa shape index (κ1) is 24.7. The highest BCUT2D eigenvalue weighted by Gasteiger charge is 2.78. The third kappa shape index (κ3) is 2.68. The van der Waals surface area contributed by atoms with Crippen LogP contribution in [0, 0.1) is 29.1 Å². The zero-order valence-electron chi connectivity index (χ0n) is 22.4. The number of ether oxygens (including phenoxy) is 4. The van der Waals surface area contributed by atoms with Crippen molar-refractivity contribution in [2.24, 2.45) is 29.1 Å². The fourth-order valence-corrected chi connectivity index (χ4v) is 9.47. The molecule has 0 aromatic rings. The van der Waals surface area contributed by atoms with E-state index < -0.39 is 69.7 Å². The first-order valence-electron chi connectivity index (χ1n) is 13.7. The molecule has 5 heterocycles. The molecule has 7 rings (SSSR count). The van der Waals surface area contributed by atoms with Crippen molar-refractivity contribution in [3.63, 3.8) is 0 Å². The zero-order chi connectivity index (χ0) is 27.2. The van der Waals surface area contributed by atoms with Gasteiger partial charge in [0, 0.05) is 46.7 Å². The monoisotopic (exact) mass is 526 g/mol. The normalized spacial score (nSPS) is 52.3. The Hall–Kier alpha value is -2.36. The number of hydrogen-bond donors (Lipinski definition) is 1. The minimum absolute atomic E-state index is 0.0685. The number of cyclic esters (lactones) is 1. The van der Waals surface area contributed by atoms with Crippen LogP contribution in [0.5, 0.6) is 0 Å². The van der Waals surface area contributed by atoms with Crippen molar-refractivity contribution >= 4 is 23.5 Å². The number of aliphatic hydroxyl groups is 1. The molecule has 0 aromatic carbocycles. The molecular weight excluding hydrogens is 492 g/mol. The number of fused-ring (bicyclic) bond motifs is 3. The molecule has 38 heavy (non-hydrogen) atoms. The Labute approximate surface area is 220 Å². The Balaban J connectivity index is 1.37. The van der Waals surface area contributed by atoms with E-state index in [0.717, 1.165) is 0 Å². The maximum absolute atomic E-state index is 14.2. The van der Waals surface area contributed by atoms with E-state index in [2.05, 4.69) is 0 Å². The smallest absolute Gasteiger partial charge is 0.334 e. The van der Waals surface area contributed by atoms with Gasteiger partial charge in [-0.15, -0.1) is 0 Å². The molecule has 10 unspecified atom stereocenters. The number of hydrogen-bond acceptors (Lipinski definition) is 9. The largest absolute Gasteiger partial charge is 0.456 e. The van der Waals surface area contributed by atoms with Crippen molar-refractivity contribution in [2.45, 2.75) is 102 Å². The van der Waals surface area contributed by atoms with Crippen LogP contribution in [0.25, 0.3) is 0 Å². The summed E-state index contributed by atoms with van der Waals surface area (Å²) in [4.78, 5) is 52.9. The lowest BCUT2D eigenvalue weighted by Gasteiger charge is -2.41. The average Bonchev–Trinajstić information content (AvgIpc) is 3.43. The van der Waals surface area contributed by atoms with Gasteiger partial charge in [0.05, 0.1) is 12.0 Å². The molecule has 204 valence electrons. The van der Waals surface area contributed by atoms with Crippen LogP contribution in [-0.2, 0) is 38.1 Å². The third-order valence-electron chi connectivity index (χ3n) is 11.1. The number of esters is 2. The summed E-state index contributed by atoms with van der Waals surface area (Å²) in [6.07, 6.45) is 3.73. The summed E-state index contributed by atoms with van der Waals surface area (Å²) >= 11 is 0. The van der Waals surface area contributed by atoms with Crippen molar-refractivity contribution in [2.75, 3.05) is 0 Å². The molecule has 10 atom stereocenters. The molecule has 2 aliphatic carbocycles. The quantitative estimate of drug-likeness (QED) is 0.513. The fraction of sp³-hybridized carbons (Fsp3) is 0.724. The number of carbonyl (C=O) groups is 4.